The Bertz CT molecular complexity index is 486. The van der Waals surface area contributed by atoms with E-state index in [1.165, 1.54) is 12.1 Å². The lowest BCUT2D eigenvalue weighted by Gasteiger charge is -2.27. The number of piperazine rings is 1. The fraction of sp³-hybridized carbons (Fsp3) is 0.533. The monoisotopic (exact) mass is 349 g/mol. The minimum atomic E-state index is -2.94. The standard InChI is InChI=1S/C15H21F2N3O2.ClH/c16-15(17)22-13-5-2-1-4-12(13)14(21)19-6-3-9-20-10-7-18-8-11-20;/h1-2,4-5,15,18H,3,6-11H2,(H,19,21);1H. The van der Waals surface area contributed by atoms with Gasteiger partial charge in [-0.25, -0.2) is 0 Å². The highest BCUT2D eigenvalue weighted by molar-refractivity contribution is 5.96. The fourth-order valence-corrected chi connectivity index (χ4v) is 2.39. The van der Waals surface area contributed by atoms with Crippen LogP contribution in [0.1, 0.15) is 16.8 Å². The Labute approximate surface area is 140 Å². The molecular formula is C15H22ClF2N3O2. The van der Waals surface area contributed by atoms with Crippen LogP contribution in [0.25, 0.3) is 0 Å². The van der Waals surface area contributed by atoms with Crippen molar-refractivity contribution in [1.82, 2.24) is 15.5 Å². The smallest absolute Gasteiger partial charge is 0.387 e. The SMILES string of the molecule is Cl.O=C(NCCCN1CCNCC1)c1ccccc1OC(F)F. The highest BCUT2D eigenvalue weighted by Crippen LogP contribution is 2.19. The number of benzene rings is 1. The number of rotatable bonds is 7. The Hall–Kier alpha value is -1.44. The second-order valence-electron chi connectivity index (χ2n) is 5.08. The summed E-state index contributed by atoms with van der Waals surface area (Å²) in [5.41, 5.74) is 0.130. The van der Waals surface area contributed by atoms with Crippen molar-refractivity contribution in [2.45, 2.75) is 13.0 Å². The van der Waals surface area contributed by atoms with Crippen molar-refractivity contribution in [3.8, 4) is 5.75 Å². The van der Waals surface area contributed by atoms with Gasteiger partial charge in [-0.2, -0.15) is 8.78 Å². The molecule has 8 heteroatoms. The van der Waals surface area contributed by atoms with Gasteiger partial charge >= 0.3 is 6.61 Å². The van der Waals surface area contributed by atoms with E-state index in [-0.39, 0.29) is 23.7 Å². The maximum Gasteiger partial charge on any atom is 0.387 e. The summed E-state index contributed by atoms with van der Waals surface area (Å²) in [6.07, 6.45) is 0.823. The number of hydrogen-bond acceptors (Lipinski definition) is 4. The average Bonchev–Trinajstić information content (AvgIpc) is 2.52. The van der Waals surface area contributed by atoms with Crippen molar-refractivity contribution in [1.29, 1.82) is 0 Å². The van der Waals surface area contributed by atoms with Crippen molar-refractivity contribution >= 4 is 18.3 Å². The number of ether oxygens (including phenoxy) is 1. The lowest BCUT2D eigenvalue weighted by Crippen LogP contribution is -2.44. The maximum absolute atomic E-state index is 12.3. The van der Waals surface area contributed by atoms with E-state index in [0.717, 1.165) is 39.1 Å². The van der Waals surface area contributed by atoms with Crippen molar-refractivity contribution in [2.24, 2.45) is 0 Å². The summed E-state index contributed by atoms with van der Waals surface area (Å²) in [5.74, 6) is -0.492. The third-order valence-corrected chi connectivity index (χ3v) is 3.49. The second-order valence-corrected chi connectivity index (χ2v) is 5.08. The zero-order valence-electron chi connectivity index (χ0n) is 12.8. The molecule has 0 spiro atoms. The molecule has 1 aromatic rings. The topological polar surface area (TPSA) is 53.6 Å². The molecule has 1 saturated heterocycles. The van der Waals surface area contributed by atoms with E-state index < -0.39 is 12.5 Å². The molecule has 0 aliphatic carbocycles. The van der Waals surface area contributed by atoms with Crippen LogP contribution < -0.4 is 15.4 Å². The lowest BCUT2D eigenvalue weighted by atomic mass is 10.2. The number of carbonyl (C=O) groups is 1. The number of carbonyl (C=O) groups excluding carboxylic acids is 1. The second kappa shape index (κ2) is 10.4. The number of nitrogens with one attached hydrogen (secondary N) is 2. The minimum absolute atomic E-state index is 0. The highest BCUT2D eigenvalue weighted by atomic mass is 35.5. The molecule has 1 aliphatic heterocycles. The molecule has 23 heavy (non-hydrogen) atoms. The maximum atomic E-state index is 12.3. The van der Waals surface area contributed by atoms with E-state index in [4.69, 9.17) is 0 Å². The number of halogens is 3. The summed E-state index contributed by atoms with van der Waals surface area (Å²) in [6.45, 7) is 2.48. The number of nitrogens with zero attached hydrogens (tertiary/aromatic N) is 1. The van der Waals surface area contributed by atoms with Gasteiger partial charge < -0.3 is 20.3 Å². The van der Waals surface area contributed by atoms with E-state index in [1.54, 1.807) is 12.1 Å². The Morgan fingerprint density at radius 3 is 2.70 bits per heavy atom. The van der Waals surface area contributed by atoms with Crippen LogP contribution in [0.15, 0.2) is 24.3 Å². The molecule has 0 saturated carbocycles. The number of amides is 1. The van der Waals surface area contributed by atoms with Gasteiger partial charge in [0, 0.05) is 32.7 Å². The van der Waals surface area contributed by atoms with Crippen molar-refractivity contribution in [2.75, 3.05) is 39.3 Å². The van der Waals surface area contributed by atoms with E-state index in [1.807, 2.05) is 0 Å². The van der Waals surface area contributed by atoms with Crippen LogP contribution in [-0.2, 0) is 0 Å². The Balaban J connectivity index is 0.00000264. The van der Waals surface area contributed by atoms with Crippen LogP contribution in [-0.4, -0.2) is 56.7 Å². The molecule has 0 unspecified atom stereocenters. The lowest BCUT2D eigenvalue weighted by molar-refractivity contribution is -0.0501. The normalized spacial score (nSPS) is 15.1. The first-order valence-electron chi connectivity index (χ1n) is 7.42. The summed E-state index contributed by atoms with van der Waals surface area (Å²) in [7, 11) is 0. The quantitative estimate of drug-likeness (QED) is 0.736. The first-order valence-corrected chi connectivity index (χ1v) is 7.42. The number of alkyl halides is 2. The van der Waals surface area contributed by atoms with Gasteiger partial charge in [0.1, 0.15) is 5.75 Å². The van der Waals surface area contributed by atoms with Gasteiger partial charge in [-0.1, -0.05) is 12.1 Å². The molecule has 1 fully saturated rings. The zero-order chi connectivity index (χ0) is 15.8. The van der Waals surface area contributed by atoms with Crippen molar-refractivity contribution in [3.05, 3.63) is 29.8 Å². The van der Waals surface area contributed by atoms with E-state index >= 15 is 0 Å². The molecule has 1 amide bonds. The third-order valence-electron chi connectivity index (χ3n) is 3.49. The molecule has 0 bridgehead atoms. The molecule has 0 radical (unpaired) electrons. The number of hydrogen-bond donors (Lipinski definition) is 2. The van der Waals surface area contributed by atoms with Crippen LogP contribution in [0.4, 0.5) is 8.78 Å². The van der Waals surface area contributed by atoms with Crippen LogP contribution in [0.2, 0.25) is 0 Å². The molecule has 130 valence electrons. The Kier molecular flexibility index (Phi) is 8.83. The molecule has 0 aromatic heterocycles. The summed E-state index contributed by atoms with van der Waals surface area (Å²) in [5, 5.41) is 6.03. The van der Waals surface area contributed by atoms with Gasteiger partial charge in [-0.15, -0.1) is 12.4 Å². The zero-order valence-corrected chi connectivity index (χ0v) is 13.6. The van der Waals surface area contributed by atoms with Crippen LogP contribution in [0.3, 0.4) is 0 Å². The summed E-state index contributed by atoms with van der Waals surface area (Å²) >= 11 is 0. The first kappa shape index (κ1) is 19.6. The molecule has 1 aliphatic rings. The predicted octanol–water partition coefficient (Wildman–Crippen LogP) is 1.73. The molecule has 2 rings (SSSR count). The van der Waals surface area contributed by atoms with Gasteiger partial charge in [-0.3, -0.25) is 4.79 Å². The van der Waals surface area contributed by atoms with E-state index in [2.05, 4.69) is 20.3 Å². The van der Waals surface area contributed by atoms with Gasteiger partial charge in [0.25, 0.3) is 5.91 Å². The van der Waals surface area contributed by atoms with E-state index in [0.29, 0.717) is 6.54 Å². The molecule has 2 N–H and O–H groups in total. The average molecular weight is 350 g/mol. The predicted molar refractivity (Wildman–Crippen MR) is 86.6 cm³/mol. The van der Waals surface area contributed by atoms with Gasteiger partial charge in [0.05, 0.1) is 5.56 Å². The van der Waals surface area contributed by atoms with Crippen molar-refractivity contribution in [3.63, 3.8) is 0 Å². The van der Waals surface area contributed by atoms with Crippen molar-refractivity contribution < 1.29 is 18.3 Å². The molecular weight excluding hydrogens is 328 g/mol. The minimum Gasteiger partial charge on any atom is -0.434 e. The molecule has 1 heterocycles. The molecule has 0 atom stereocenters. The largest absolute Gasteiger partial charge is 0.434 e. The highest BCUT2D eigenvalue weighted by Gasteiger charge is 2.15. The van der Waals surface area contributed by atoms with Gasteiger partial charge in [-0.05, 0) is 25.1 Å². The van der Waals surface area contributed by atoms with Crippen LogP contribution in [0.5, 0.6) is 5.75 Å². The summed E-state index contributed by atoms with van der Waals surface area (Å²) in [6, 6.07) is 6.01. The third kappa shape index (κ3) is 6.68. The van der Waals surface area contributed by atoms with Gasteiger partial charge in [0.15, 0.2) is 0 Å². The first-order chi connectivity index (χ1) is 10.7. The summed E-state index contributed by atoms with van der Waals surface area (Å²) in [4.78, 5) is 14.4. The molecule has 1 aromatic carbocycles. The number of para-hydroxylation sites is 1. The summed E-state index contributed by atoms with van der Waals surface area (Å²) < 4.78 is 29.0. The van der Waals surface area contributed by atoms with Crippen LogP contribution in [0, 0.1) is 0 Å². The Morgan fingerprint density at radius 1 is 1.30 bits per heavy atom. The van der Waals surface area contributed by atoms with E-state index in [9.17, 15) is 13.6 Å². The molecule has 5 nitrogen and oxygen atoms in total. The van der Waals surface area contributed by atoms with Crippen LogP contribution >= 0.6 is 12.4 Å². The Morgan fingerprint density at radius 2 is 2.00 bits per heavy atom. The fourth-order valence-electron chi connectivity index (χ4n) is 2.39. The van der Waals surface area contributed by atoms with Gasteiger partial charge in [0.2, 0.25) is 0 Å².